The van der Waals surface area contributed by atoms with Crippen molar-refractivity contribution in [2.45, 2.75) is 6.42 Å². The van der Waals surface area contributed by atoms with Crippen LogP contribution in [0.5, 0.6) is 5.75 Å². The van der Waals surface area contributed by atoms with Gasteiger partial charge in [0.05, 0.1) is 17.6 Å². The monoisotopic (exact) mass is 302 g/mol. The first-order chi connectivity index (χ1) is 7.69. The second-order valence-electron chi connectivity index (χ2n) is 3.46. The fraction of sp³-hybridized carbons (Fsp3) is 0.273. The molecule has 16 heavy (non-hydrogen) atoms. The highest BCUT2D eigenvalue weighted by molar-refractivity contribution is 9.10. The SMILES string of the molecule is COc1ccc(Cl)c2c(Br)c(CCN)[nH]c12. The second-order valence-corrected chi connectivity index (χ2v) is 4.66. The number of ether oxygens (including phenoxy) is 1. The zero-order valence-corrected chi connectivity index (χ0v) is 11.2. The summed E-state index contributed by atoms with van der Waals surface area (Å²) in [6.07, 6.45) is 0.773. The summed E-state index contributed by atoms with van der Waals surface area (Å²) in [5.74, 6) is 0.781. The molecule has 5 heteroatoms. The van der Waals surface area contributed by atoms with Crippen molar-refractivity contribution in [3.63, 3.8) is 0 Å². The van der Waals surface area contributed by atoms with Gasteiger partial charge in [0, 0.05) is 22.0 Å². The molecule has 0 aliphatic rings. The molecule has 0 radical (unpaired) electrons. The maximum atomic E-state index is 6.17. The van der Waals surface area contributed by atoms with Crippen molar-refractivity contribution in [1.29, 1.82) is 0 Å². The molecule has 1 aromatic carbocycles. The standard InChI is InChI=1S/C11H12BrClN2O/c1-16-8-3-2-6(13)9-10(12)7(4-5-14)15-11(8)9/h2-3,15H,4-5,14H2,1H3. The maximum Gasteiger partial charge on any atom is 0.143 e. The molecule has 0 saturated heterocycles. The minimum Gasteiger partial charge on any atom is -0.495 e. The molecule has 0 aliphatic heterocycles. The zero-order chi connectivity index (χ0) is 11.7. The van der Waals surface area contributed by atoms with Gasteiger partial charge < -0.3 is 15.5 Å². The molecule has 0 aliphatic carbocycles. The minimum atomic E-state index is 0.589. The predicted molar refractivity (Wildman–Crippen MR) is 70.3 cm³/mol. The number of nitrogens with one attached hydrogen (secondary N) is 1. The Kier molecular flexibility index (Phi) is 3.42. The van der Waals surface area contributed by atoms with Gasteiger partial charge in [-0.15, -0.1) is 0 Å². The van der Waals surface area contributed by atoms with E-state index in [9.17, 15) is 0 Å². The molecule has 3 N–H and O–H groups in total. The third-order valence-corrected chi connectivity index (χ3v) is 3.68. The quantitative estimate of drug-likeness (QED) is 0.915. The predicted octanol–water partition coefficient (Wildman–Crippen LogP) is 3.09. The lowest BCUT2D eigenvalue weighted by Gasteiger charge is -2.02. The van der Waals surface area contributed by atoms with Crippen molar-refractivity contribution in [2.24, 2.45) is 5.73 Å². The average molecular weight is 304 g/mol. The third kappa shape index (κ3) is 1.81. The van der Waals surface area contributed by atoms with Crippen molar-refractivity contribution < 1.29 is 4.74 Å². The summed E-state index contributed by atoms with van der Waals surface area (Å²) in [4.78, 5) is 3.29. The summed E-state index contributed by atoms with van der Waals surface area (Å²) in [7, 11) is 1.64. The largest absolute Gasteiger partial charge is 0.495 e. The van der Waals surface area contributed by atoms with Crippen LogP contribution < -0.4 is 10.5 Å². The topological polar surface area (TPSA) is 51.0 Å². The number of nitrogens with two attached hydrogens (primary N) is 1. The molecule has 0 spiro atoms. The van der Waals surface area contributed by atoms with E-state index in [2.05, 4.69) is 20.9 Å². The van der Waals surface area contributed by atoms with Crippen molar-refractivity contribution in [3.05, 3.63) is 27.3 Å². The normalized spacial score (nSPS) is 11.0. The first kappa shape index (κ1) is 11.8. The number of H-pyrrole nitrogens is 1. The Balaban J connectivity index is 2.73. The molecule has 1 heterocycles. The summed E-state index contributed by atoms with van der Waals surface area (Å²) in [6.45, 7) is 0.589. The number of aromatic amines is 1. The molecule has 1 aromatic heterocycles. The zero-order valence-electron chi connectivity index (χ0n) is 8.81. The van der Waals surface area contributed by atoms with E-state index in [1.54, 1.807) is 7.11 Å². The van der Waals surface area contributed by atoms with Crippen LogP contribution in [0.4, 0.5) is 0 Å². The smallest absolute Gasteiger partial charge is 0.143 e. The number of halogens is 2. The summed E-state index contributed by atoms with van der Waals surface area (Å²) < 4.78 is 6.26. The summed E-state index contributed by atoms with van der Waals surface area (Å²) in [5.41, 5.74) is 7.51. The van der Waals surface area contributed by atoms with E-state index in [4.69, 9.17) is 22.1 Å². The highest BCUT2D eigenvalue weighted by Crippen LogP contribution is 2.38. The molecule has 0 amide bonds. The third-order valence-electron chi connectivity index (χ3n) is 2.49. The van der Waals surface area contributed by atoms with E-state index in [-0.39, 0.29) is 0 Å². The Labute approximate surface area is 107 Å². The Hall–Kier alpha value is -0.710. The first-order valence-electron chi connectivity index (χ1n) is 4.91. The maximum absolute atomic E-state index is 6.17. The Morgan fingerprint density at radius 2 is 2.25 bits per heavy atom. The molecule has 2 aromatic rings. The molecule has 0 atom stereocenters. The van der Waals surface area contributed by atoms with E-state index in [1.165, 1.54) is 0 Å². The Morgan fingerprint density at radius 1 is 1.50 bits per heavy atom. The number of methoxy groups -OCH3 is 1. The number of benzene rings is 1. The van der Waals surface area contributed by atoms with Gasteiger partial charge >= 0.3 is 0 Å². The van der Waals surface area contributed by atoms with E-state index >= 15 is 0 Å². The molecule has 0 saturated carbocycles. The summed E-state index contributed by atoms with van der Waals surface area (Å²) in [6, 6.07) is 3.67. The van der Waals surface area contributed by atoms with Crippen molar-refractivity contribution in [1.82, 2.24) is 4.98 Å². The highest BCUT2D eigenvalue weighted by atomic mass is 79.9. The van der Waals surface area contributed by atoms with Crippen molar-refractivity contribution in [2.75, 3.05) is 13.7 Å². The van der Waals surface area contributed by atoms with Crippen molar-refractivity contribution >= 4 is 38.4 Å². The van der Waals surface area contributed by atoms with Crippen LogP contribution in [0.1, 0.15) is 5.69 Å². The van der Waals surface area contributed by atoms with Crippen LogP contribution in [0.15, 0.2) is 16.6 Å². The van der Waals surface area contributed by atoms with Gasteiger partial charge in [0.25, 0.3) is 0 Å². The molecular formula is C11H12BrClN2O. The van der Waals surface area contributed by atoms with E-state index in [1.807, 2.05) is 12.1 Å². The lowest BCUT2D eigenvalue weighted by atomic mass is 10.2. The molecule has 0 unspecified atom stereocenters. The second kappa shape index (κ2) is 4.65. The number of aromatic nitrogens is 1. The van der Waals surface area contributed by atoms with Crippen LogP contribution in [-0.2, 0) is 6.42 Å². The molecular weight excluding hydrogens is 291 g/mol. The highest BCUT2D eigenvalue weighted by Gasteiger charge is 2.14. The Bertz CT molecular complexity index is 524. The Morgan fingerprint density at radius 3 is 2.88 bits per heavy atom. The molecule has 2 rings (SSSR count). The van der Waals surface area contributed by atoms with Crippen LogP contribution >= 0.6 is 27.5 Å². The summed E-state index contributed by atoms with van der Waals surface area (Å²) >= 11 is 9.71. The van der Waals surface area contributed by atoms with Crippen LogP contribution in [0.25, 0.3) is 10.9 Å². The average Bonchev–Trinajstić information content (AvgIpc) is 2.59. The summed E-state index contributed by atoms with van der Waals surface area (Å²) in [5, 5.41) is 1.65. The first-order valence-corrected chi connectivity index (χ1v) is 6.08. The van der Waals surface area contributed by atoms with Crippen molar-refractivity contribution in [3.8, 4) is 5.75 Å². The molecule has 3 nitrogen and oxygen atoms in total. The number of rotatable bonds is 3. The van der Waals surface area contributed by atoms with Gasteiger partial charge in [0.15, 0.2) is 0 Å². The fourth-order valence-electron chi connectivity index (χ4n) is 1.74. The molecule has 0 fully saturated rings. The van der Waals surface area contributed by atoms with Gasteiger partial charge in [-0.25, -0.2) is 0 Å². The van der Waals surface area contributed by atoms with Gasteiger partial charge in [-0.2, -0.15) is 0 Å². The van der Waals surface area contributed by atoms with Gasteiger partial charge in [0.1, 0.15) is 5.75 Å². The molecule has 86 valence electrons. The number of hydrogen-bond donors (Lipinski definition) is 2. The minimum absolute atomic E-state index is 0.589. The van der Waals surface area contributed by atoms with Gasteiger partial charge in [-0.05, 0) is 34.6 Å². The number of fused-ring (bicyclic) bond motifs is 1. The lowest BCUT2D eigenvalue weighted by Crippen LogP contribution is -2.03. The van der Waals surface area contributed by atoms with Gasteiger partial charge in [-0.1, -0.05) is 11.6 Å². The fourth-order valence-corrected chi connectivity index (χ4v) is 2.82. The van der Waals surface area contributed by atoms with Crippen LogP contribution in [0.2, 0.25) is 5.02 Å². The van der Waals surface area contributed by atoms with Crippen LogP contribution in [-0.4, -0.2) is 18.6 Å². The van der Waals surface area contributed by atoms with E-state index in [0.29, 0.717) is 11.6 Å². The number of hydrogen-bond acceptors (Lipinski definition) is 2. The lowest BCUT2D eigenvalue weighted by molar-refractivity contribution is 0.419. The van der Waals surface area contributed by atoms with E-state index < -0.39 is 0 Å². The van der Waals surface area contributed by atoms with Crippen LogP contribution in [0.3, 0.4) is 0 Å². The van der Waals surface area contributed by atoms with Gasteiger partial charge in [0.2, 0.25) is 0 Å². The molecule has 0 bridgehead atoms. The van der Waals surface area contributed by atoms with E-state index in [0.717, 1.165) is 33.2 Å². The van der Waals surface area contributed by atoms with Crippen LogP contribution in [0, 0.1) is 0 Å². The van der Waals surface area contributed by atoms with Gasteiger partial charge in [-0.3, -0.25) is 0 Å².